The molecule has 1 aliphatic rings. The SMILES string of the molecule is N#Cc1cnc(Nc2ccc(S(=O)(=O)NC3CC3)cc2)nc1N. The predicted molar refractivity (Wildman–Crippen MR) is 84.2 cm³/mol. The van der Waals surface area contributed by atoms with Crippen LogP contribution < -0.4 is 15.8 Å². The summed E-state index contributed by atoms with van der Waals surface area (Å²) in [4.78, 5) is 8.13. The normalized spacial score (nSPS) is 14.2. The van der Waals surface area contributed by atoms with Crippen LogP contribution in [0.4, 0.5) is 17.5 Å². The maximum Gasteiger partial charge on any atom is 0.240 e. The van der Waals surface area contributed by atoms with E-state index in [-0.39, 0.29) is 28.3 Å². The van der Waals surface area contributed by atoms with Gasteiger partial charge in [0, 0.05) is 11.7 Å². The number of anilines is 3. The summed E-state index contributed by atoms with van der Waals surface area (Å²) in [5, 5.41) is 11.7. The first-order valence-corrected chi connectivity index (χ1v) is 8.38. The second-order valence-corrected chi connectivity index (χ2v) is 6.86. The number of hydrogen-bond donors (Lipinski definition) is 3. The minimum atomic E-state index is -3.47. The maximum atomic E-state index is 12.1. The lowest BCUT2D eigenvalue weighted by molar-refractivity contribution is 0.581. The van der Waals surface area contributed by atoms with Gasteiger partial charge in [-0.3, -0.25) is 0 Å². The number of hydrogen-bond acceptors (Lipinski definition) is 7. The first kappa shape index (κ1) is 15.2. The Morgan fingerprint density at radius 2 is 1.96 bits per heavy atom. The van der Waals surface area contributed by atoms with Crippen LogP contribution in [-0.4, -0.2) is 24.4 Å². The monoisotopic (exact) mass is 330 g/mol. The van der Waals surface area contributed by atoms with Crippen molar-refractivity contribution in [2.24, 2.45) is 0 Å². The minimum absolute atomic E-state index is 0.0628. The van der Waals surface area contributed by atoms with Crippen LogP contribution >= 0.6 is 0 Å². The van der Waals surface area contributed by atoms with E-state index in [2.05, 4.69) is 20.0 Å². The van der Waals surface area contributed by atoms with Gasteiger partial charge in [-0.1, -0.05) is 0 Å². The maximum absolute atomic E-state index is 12.1. The standard InChI is InChI=1S/C14H14N6O2S/c15-7-9-8-17-14(19-13(9)16)18-10-3-5-12(6-4-10)23(21,22)20-11-1-2-11/h3-6,8,11,20H,1-2H2,(H3,16,17,18,19). The molecule has 4 N–H and O–H groups in total. The lowest BCUT2D eigenvalue weighted by Gasteiger charge is -2.08. The van der Waals surface area contributed by atoms with Gasteiger partial charge < -0.3 is 11.1 Å². The highest BCUT2D eigenvalue weighted by atomic mass is 32.2. The van der Waals surface area contributed by atoms with Crippen LogP contribution in [0.3, 0.4) is 0 Å². The Labute approximate surface area is 133 Å². The molecule has 0 spiro atoms. The molecule has 118 valence electrons. The third kappa shape index (κ3) is 3.56. The van der Waals surface area contributed by atoms with Crippen LogP contribution in [0.2, 0.25) is 0 Å². The van der Waals surface area contributed by atoms with Gasteiger partial charge in [-0.2, -0.15) is 10.2 Å². The van der Waals surface area contributed by atoms with E-state index in [4.69, 9.17) is 11.0 Å². The number of nitrogen functional groups attached to an aromatic ring is 1. The summed E-state index contributed by atoms with van der Waals surface area (Å²) in [6.45, 7) is 0. The highest BCUT2D eigenvalue weighted by Gasteiger charge is 2.27. The van der Waals surface area contributed by atoms with Gasteiger partial charge in [0.1, 0.15) is 17.5 Å². The lowest BCUT2D eigenvalue weighted by atomic mass is 10.3. The zero-order valence-corrected chi connectivity index (χ0v) is 12.8. The minimum Gasteiger partial charge on any atom is -0.382 e. The molecule has 1 aromatic heterocycles. The van der Waals surface area contributed by atoms with Crippen molar-refractivity contribution >= 4 is 27.5 Å². The molecule has 1 aromatic carbocycles. The summed E-state index contributed by atoms with van der Waals surface area (Å²) >= 11 is 0. The van der Waals surface area contributed by atoms with Gasteiger partial charge in [0.15, 0.2) is 0 Å². The fourth-order valence-electron chi connectivity index (χ4n) is 1.88. The van der Waals surface area contributed by atoms with E-state index in [9.17, 15) is 8.42 Å². The number of nitrogens with zero attached hydrogens (tertiary/aromatic N) is 3. The van der Waals surface area contributed by atoms with E-state index in [1.807, 2.05) is 6.07 Å². The molecule has 3 rings (SSSR count). The molecule has 0 aliphatic heterocycles. The number of sulfonamides is 1. The highest BCUT2D eigenvalue weighted by molar-refractivity contribution is 7.89. The van der Waals surface area contributed by atoms with Crippen LogP contribution in [-0.2, 0) is 10.0 Å². The van der Waals surface area contributed by atoms with Crippen molar-refractivity contribution in [1.29, 1.82) is 5.26 Å². The molecule has 23 heavy (non-hydrogen) atoms. The highest BCUT2D eigenvalue weighted by Crippen LogP contribution is 2.23. The fraction of sp³-hybridized carbons (Fsp3) is 0.214. The third-order valence-corrected chi connectivity index (χ3v) is 4.80. The van der Waals surface area contributed by atoms with E-state index in [1.165, 1.54) is 18.3 Å². The molecule has 0 radical (unpaired) electrons. The molecule has 0 unspecified atom stereocenters. The van der Waals surface area contributed by atoms with Crippen LogP contribution in [0.25, 0.3) is 0 Å². The number of aromatic nitrogens is 2. The third-order valence-electron chi connectivity index (χ3n) is 3.26. The lowest BCUT2D eigenvalue weighted by Crippen LogP contribution is -2.25. The van der Waals surface area contributed by atoms with Crippen LogP contribution in [0, 0.1) is 11.3 Å². The van der Waals surface area contributed by atoms with Crippen LogP contribution in [0.15, 0.2) is 35.4 Å². The zero-order chi connectivity index (χ0) is 16.4. The largest absolute Gasteiger partial charge is 0.382 e. The first-order valence-electron chi connectivity index (χ1n) is 6.90. The summed E-state index contributed by atoms with van der Waals surface area (Å²) in [5.41, 5.74) is 6.43. The zero-order valence-electron chi connectivity index (χ0n) is 12.0. The van der Waals surface area contributed by atoms with Crippen molar-refractivity contribution < 1.29 is 8.42 Å². The van der Waals surface area contributed by atoms with E-state index < -0.39 is 10.0 Å². The number of rotatable bonds is 5. The first-order chi connectivity index (χ1) is 11.0. The Morgan fingerprint density at radius 3 is 2.52 bits per heavy atom. The summed E-state index contributed by atoms with van der Waals surface area (Å²) in [5.74, 6) is 0.311. The van der Waals surface area contributed by atoms with E-state index in [0.29, 0.717) is 5.69 Å². The van der Waals surface area contributed by atoms with Gasteiger partial charge in [-0.05, 0) is 37.1 Å². The van der Waals surface area contributed by atoms with Crippen molar-refractivity contribution in [3.8, 4) is 6.07 Å². The molecule has 8 nitrogen and oxygen atoms in total. The summed E-state index contributed by atoms with van der Waals surface area (Å²) in [7, 11) is -3.47. The van der Waals surface area contributed by atoms with E-state index in [1.54, 1.807) is 12.1 Å². The van der Waals surface area contributed by atoms with Crippen LogP contribution in [0.5, 0.6) is 0 Å². The number of nitrogens with one attached hydrogen (secondary N) is 2. The smallest absolute Gasteiger partial charge is 0.240 e. The number of nitriles is 1. The van der Waals surface area contributed by atoms with Crippen molar-refractivity contribution in [3.05, 3.63) is 36.0 Å². The predicted octanol–water partition coefficient (Wildman–Crippen LogP) is 1.11. The van der Waals surface area contributed by atoms with E-state index >= 15 is 0 Å². The van der Waals surface area contributed by atoms with E-state index in [0.717, 1.165) is 12.8 Å². The molecule has 0 amide bonds. The molecule has 0 atom stereocenters. The Balaban J connectivity index is 1.75. The van der Waals surface area contributed by atoms with Crippen molar-refractivity contribution in [2.45, 2.75) is 23.8 Å². The average molecular weight is 330 g/mol. The molecular formula is C14H14N6O2S. The Hall–Kier alpha value is -2.70. The molecule has 1 saturated carbocycles. The van der Waals surface area contributed by atoms with Crippen molar-refractivity contribution in [1.82, 2.24) is 14.7 Å². The molecule has 0 saturated heterocycles. The van der Waals surface area contributed by atoms with Crippen LogP contribution in [0.1, 0.15) is 18.4 Å². The second-order valence-electron chi connectivity index (χ2n) is 5.15. The van der Waals surface area contributed by atoms with Gasteiger partial charge in [0.2, 0.25) is 16.0 Å². The summed E-state index contributed by atoms with van der Waals surface area (Å²) in [6.07, 6.45) is 3.09. The molecular weight excluding hydrogens is 316 g/mol. The van der Waals surface area contributed by atoms with Gasteiger partial charge in [0.25, 0.3) is 0 Å². The van der Waals surface area contributed by atoms with Gasteiger partial charge >= 0.3 is 0 Å². The molecule has 1 heterocycles. The Bertz CT molecular complexity index is 869. The second kappa shape index (κ2) is 5.83. The molecule has 0 bridgehead atoms. The number of benzene rings is 1. The van der Waals surface area contributed by atoms with Crippen molar-refractivity contribution in [2.75, 3.05) is 11.1 Å². The van der Waals surface area contributed by atoms with Gasteiger partial charge in [-0.25, -0.2) is 18.1 Å². The summed E-state index contributed by atoms with van der Waals surface area (Å²) < 4.78 is 26.7. The molecule has 1 aliphatic carbocycles. The molecule has 1 fully saturated rings. The van der Waals surface area contributed by atoms with Crippen molar-refractivity contribution in [3.63, 3.8) is 0 Å². The van der Waals surface area contributed by atoms with Gasteiger partial charge in [-0.15, -0.1) is 0 Å². The Morgan fingerprint density at radius 1 is 1.26 bits per heavy atom. The van der Waals surface area contributed by atoms with Gasteiger partial charge in [0.05, 0.1) is 11.1 Å². The topological polar surface area (TPSA) is 134 Å². The Kier molecular flexibility index (Phi) is 3.85. The number of nitrogens with two attached hydrogens (primary N) is 1. The summed E-state index contributed by atoms with van der Waals surface area (Å²) in [6, 6.07) is 8.16. The molecule has 2 aromatic rings. The molecule has 9 heteroatoms. The average Bonchev–Trinajstić information content (AvgIpc) is 3.31. The quantitative estimate of drug-likeness (QED) is 0.747. The fourth-order valence-corrected chi connectivity index (χ4v) is 3.18.